The predicted octanol–water partition coefficient (Wildman–Crippen LogP) is 1.25. The SMILES string of the molecule is COC(=O)N1CC(NC(=O)c2cccnc2N2CCCCC2)C1. The van der Waals surface area contributed by atoms with Gasteiger partial charge in [0.2, 0.25) is 0 Å². The molecule has 2 fully saturated rings. The van der Waals surface area contributed by atoms with Gasteiger partial charge in [0.25, 0.3) is 5.91 Å². The number of hydrogen-bond acceptors (Lipinski definition) is 5. The first kappa shape index (κ1) is 15.6. The number of anilines is 1. The number of nitrogens with one attached hydrogen (secondary N) is 1. The predicted molar refractivity (Wildman–Crippen MR) is 85.5 cm³/mol. The molecule has 23 heavy (non-hydrogen) atoms. The lowest BCUT2D eigenvalue weighted by Crippen LogP contribution is -2.61. The van der Waals surface area contributed by atoms with E-state index in [1.807, 2.05) is 6.07 Å². The van der Waals surface area contributed by atoms with Crippen LogP contribution in [0.2, 0.25) is 0 Å². The minimum absolute atomic E-state index is 0.0315. The third-order valence-corrected chi connectivity index (χ3v) is 4.34. The van der Waals surface area contributed by atoms with Gasteiger partial charge >= 0.3 is 6.09 Å². The largest absolute Gasteiger partial charge is 0.453 e. The highest BCUT2D eigenvalue weighted by molar-refractivity contribution is 5.99. The quantitative estimate of drug-likeness (QED) is 0.908. The van der Waals surface area contributed by atoms with Crippen LogP contribution in [0.15, 0.2) is 18.3 Å². The van der Waals surface area contributed by atoms with Crippen LogP contribution >= 0.6 is 0 Å². The number of amides is 2. The highest BCUT2D eigenvalue weighted by Gasteiger charge is 2.33. The zero-order valence-corrected chi connectivity index (χ0v) is 13.3. The normalized spacial score (nSPS) is 18.3. The molecule has 0 atom stereocenters. The Balaban J connectivity index is 1.63. The highest BCUT2D eigenvalue weighted by Crippen LogP contribution is 2.22. The summed E-state index contributed by atoms with van der Waals surface area (Å²) in [6.45, 7) is 2.85. The van der Waals surface area contributed by atoms with Crippen LogP contribution in [0.5, 0.6) is 0 Å². The molecule has 3 heterocycles. The van der Waals surface area contributed by atoms with Gasteiger partial charge in [0, 0.05) is 32.4 Å². The molecule has 0 bridgehead atoms. The van der Waals surface area contributed by atoms with E-state index >= 15 is 0 Å². The number of ether oxygens (including phenoxy) is 1. The molecule has 1 aromatic heterocycles. The van der Waals surface area contributed by atoms with Crippen LogP contribution in [0.3, 0.4) is 0 Å². The number of hydrogen-bond donors (Lipinski definition) is 1. The number of rotatable bonds is 3. The van der Waals surface area contributed by atoms with Gasteiger partial charge < -0.3 is 19.9 Å². The second kappa shape index (κ2) is 6.85. The van der Waals surface area contributed by atoms with Crippen molar-refractivity contribution in [2.75, 3.05) is 38.2 Å². The van der Waals surface area contributed by atoms with Crippen LogP contribution < -0.4 is 10.2 Å². The first-order valence-electron chi connectivity index (χ1n) is 8.03. The Morgan fingerprint density at radius 2 is 2.00 bits per heavy atom. The minimum Gasteiger partial charge on any atom is -0.453 e. The van der Waals surface area contributed by atoms with Crippen molar-refractivity contribution < 1.29 is 14.3 Å². The molecule has 2 aliphatic rings. The third-order valence-electron chi connectivity index (χ3n) is 4.34. The summed E-state index contributed by atoms with van der Waals surface area (Å²) in [5.41, 5.74) is 0.603. The molecule has 124 valence electrons. The Bertz CT molecular complexity index is 580. The van der Waals surface area contributed by atoms with Gasteiger partial charge in [0.05, 0.1) is 18.7 Å². The van der Waals surface area contributed by atoms with Gasteiger partial charge in [-0.1, -0.05) is 0 Å². The van der Waals surface area contributed by atoms with Gasteiger partial charge in [-0.05, 0) is 31.4 Å². The first-order valence-corrected chi connectivity index (χ1v) is 8.03. The Morgan fingerprint density at radius 3 is 2.70 bits per heavy atom. The van der Waals surface area contributed by atoms with Gasteiger partial charge in [-0.3, -0.25) is 4.79 Å². The number of pyridine rings is 1. The Morgan fingerprint density at radius 1 is 1.26 bits per heavy atom. The van der Waals surface area contributed by atoms with E-state index in [2.05, 4.69) is 19.9 Å². The summed E-state index contributed by atoms with van der Waals surface area (Å²) in [5, 5.41) is 2.97. The van der Waals surface area contributed by atoms with E-state index in [1.165, 1.54) is 13.5 Å². The molecule has 7 nitrogen and oxygen atoms in total. The van der Waals surface area contributed by atoms with Gasteiger partial charge in [0.15, 0.2) is 0 Å². The monoisotopic (exact) mass is 318 g/mol. The van der Waals surface area contributed by atoms with Gasteiger partial charge in [0.1, 0.15) is 5.82 Å². The molecule has 0 spiro atoms. The van der Waals surface area contributed by atoms with Crippen molar-refractivity contribution in [3.05, 3.63) is 23.9 Å². The molecule has 0 radical (unpaired) electrons. The lowest BCUT2D eigenvalue weighted by Gasteiger charge is -2.38. The number of carbonyl (C=O) groups excluding carboxylic acids is 2. The van der Waals surface area contributed by atoms with Crippen molar-refractivity contribution in [2.45, 2.75) is 25.3 Å². The number of carbonyl (C=O) groups is 2. The molecule has 0 aromatic carbocycles. The van der Waals surface area contributed by atoms with Crippen LogP contribution in [0.1, 0.15) is 29.6 Å². The summed E-state index contributed by atoms with van der Waals surface area (Å²) in [7, 11) is 1.36. The van der Waals surface area contributed by atoms with E-state index in [9.17, 15) is 9.59 Å². The maximum atomic E-state index is 12.5. The zero-order valence-electron chi connectivity index (χ0n) is 13.3. The van der Waals surface area contributed by atoms with Crippen LogP contribution in [-0.2, 0) is 4.74 Å². The average molecular weight is 318 g/mol. The molecule has 0 aliphatic carbocycles. The molecular weight excluding hydrogens is 296 g/mol. The van der Waals surface area contributed by atoms with Gasteiger partial charge in [-0.25, -0.2) is 9.78 Å². The van der Waals surface area contributed by atoms with Crippen molar-refractivity contribution in [3.8, 4) is 0 Å². The summed E-state index contributed by atoms with van der Waals surface area (Å²) < 4.78 is 4.65. The topological polar surface area (TPSA) is 74.8 Å². The Labute approximate surface area is 135 Å². The first-order chi connectivity index (χ1) is 11.2. The number of likely N-dealkylation sites (tertiary alicyclic amines) is 1. The Hall–Kier alpha value is -2.31. The summed E-state index contributed by atoms with van der Waals surface area (Å²) in [4.78, 5) is 32.0. The van der Waals surface area contributed by atoms with Crippen LogP contribution in [0, 0.1) is 0 Å². The fourth-order valence-electron chi connectivity index (χ4n) is 3.04. The molecule has 2 saturated heterocycles. The van der Waals surface area contributed by atoms with Gasteiger partial charge in [-0.15, -0.1) is 0 Å². The molecule has 3 rings (SSSR count). The fourth-order valence-corrected chi connectivity index (χ4v) is 3.04. The van der Waals surface area contributed by atoms with E-state index in [-0.39, 0.29) is 18.0 Å². The second-order valence-corrected chi connectivity index (χ2v) is 5.97. The lowest BCUT2D eigenvalue weighted by atomic mass is 10.1. The van der Waals surface area contributed by atoms with Crippen LogP contribution in [0.25, 0.3) is 0 Å². The molecule has 2 aliphatic heterocycles. The van der Waals surface area contributed by atoms with Gasteiger partial charge in [-0.2, -0.15) is 0 Å². The standard InChI is InChI=1S/C16H22N4O3/c1-23-16(22)20-10-12(11-20)18-15(21)13-6-5-7-17-14(13)19-8-3-2-4-9-19/h5-7,12H,2-4,8-11H2,1H3,(H,18,21). The average Bonchev–Trinajstić information content (AvgIpc) is 2.57. The maximum absolute atomic E-state index is 12.5. The van der Waals surface area contributed by atoms with Crippen LogP contribution in [-0.4, -0.2) is 61.2 Å². The summed E-state index contributed by atoms with van der Waals surface area (Å²) in [6, 6.07) is 3.56. The molecule has 1 N–H and O–H groups in total. The Kier molecular flexibility index (Phi) is 4.64. The van der Waals surface area contributed by atoms with Crippen molar-refractivity contribution in [3.63, 3.8) is 0 Å². The van der Waals surface area contributed by atoms with E-state index in [0.717, 1.165) is 31.7 Å². The molecule has 2 amide bonds. The maximum Gasteiger partial charge on any atom is 0.409 e. The van der Waals surface area contributed by atoms with E-state index in [0.29, 0.717) is 18.7 Å². The van der Waals surface area contributed by atoms with Crippen LogP contribution in [0.4, 0.5) is 10.6 Å². The zero-order chi connectivity index (χ0) is 16.2. The number of aromatic nitrogens is 1. The van der Waals surface area contributed by atoms with Crippen molar-refractivity contribution in [1.29, 1.82) is 0 Å². The smallest absolute Gasteiger partial charge is 0.409 e. The number of nitrogens with zero attached hydrogens (tertiary/aromatic N) is 3. The summed E-state index contributed by atoms with van der Waals surface area (Å²) in [5.74, 6) is 0.627. The third kappa shape index (κ3) is 3.38. The molecule has 0 unspecified atom stereocenters. The lowest BCUT2D eigenvalue weighted by molar-refractivity contribution is 0.0697. The van der Waals surface area contributed by atoms with E-state index < -0.39 is 0 Å². The fraction of sp³-hybridized carbons (Fsp3) is 0.562. The number of piperidine rings is 1. The second-order valence-electron chi connectivity index (χ2n) is 5.97. The minimum atomic E-state index is -0.356. The molecular formula is C16H22N4O3. The summed E-state index contributed by atoms with van der Waals surface area (Å²) in [6.07, 6.45) is 4.87. The van der Waals surface area contributed by atoms with E-state index in [1.54, 1.807) is 17.2 Å². The molecule has 7 heteroatoms. The number of methoxy groups -OCH3 is 1. The van der Waals surface area contributed by atoms with Crippen molar-refractivity contribution in [1.82, 2.24) is 15.2 Å². The summed E-state index contributed by atoms with van der Waals surface area (Å²) >= 11 is 0. The molecule has 0 saturated carbocycles. The highest BCUT2D eigenvalue weighted by atomic mass is 16.5. The molecule has 1 aromatic rings. The van der Waals surface area contributed by atoms with Crippen molar-refractivity contribution in [2.24, 2.45) is 0 Å². The van der Waals surface area contributed by atoms with E-state index in [4.69, 9.17) is 0 Å². The van der Waals surface area contributed by atoms with Crippen molar-refractivity contribution >= 4 is 17.8 Å².